The van der Waals surface area contributed by atoms with Crippen LogP contribution in [0.4, 0.5) is 0 Å². The molecule has 0 radical (unpaired) electrons. The van der Waals surface area contributed by atoms with E-state index in [1.54, 1.807) is 4.90 Å². The lowest BCUT2D eigenvalue weighted by molar-refractivity contribution is -0.131. The third kappa shape index (κ3) is 1.54. The molecule has 0 spiro atoms. The molecule has 1 fully saturated rings. The maximum absolute atomic E-state index is 11.3. The topological polar surface area (TPSA) is 38.1 Å². The standard InChI is InChI=1S/C12H17N3O/c1-5-12(16)14-6-11(7-14)15-10(4)8(2)9(3)13-15/h5,11H,1,6-7H2,2-4H3. The van der Waals surface area contributed by atoms with Crippen LogP contribution < -0.4 is 0 Å². The van der Waals surface area contributed by atoms with Gasteiger partial charge in [-0.3, -0.25) is 9.48 Å². The molecular formula is C12H17N3O. The summed E-state index contributed by atoms with van der Waals surface area (Å²) in [4.78, 5) is 13.1. The molecule has 1 aliphatic rings. The first-order valence-corrected chi connectivity index (χ1v) is 5.48. The molecule has 2 rings (SSSR count). The lowest BCUT2D eigenvalue weighted by Crippen LogP contribution is -2.50. The highest BCUT2D eigenvalue weighted by atomic mass is 16.2. The fraction of sp³-hybridized carbons (Fsp3) is 0.500. The van der Waals surface area contributed by atoms with E-state index < -0.39 is 0 Å². The average Bonchev–Trinajstić information content (AvgIpc) is 2.44. The maximum Gasteiger partial charge on any atom is 0.246 e. The monoisotopic (exact) mass is 219 g/mol. The molecule has 1 aliphatic heterocycles. The number of amides is 1. The van der Waals surface area contributed by atoms with Crippen LogP contribution in [0.25, 0.3) is 0 Å². The zero-order chi connectivity index (χ0) is 11.9. The van der Waals surface area contributed by atoms with E-state index in [4.69, 9.17) is 0 Å². The fourth-order valence-electron chi connectivity index (χ4n) is 2.02. The molecule has 4 nitrogen and oxygen atoms in total. The summed E-state index contributed by atoms with van der Waals surface area (Å²) in [6.07, 6.45) is 1.36. The maximum atomic E-state index is 11.3. The second-order valence-electron chi connectivity index (χ2n) is 4.34. The van der Waals surface area contributed by atoms with Crippen LogP contribution in [0.3, 0.4) is 0 Å². The Balaban J connectivity index is 2.09. The predicted molar refractivity (Wildman–Crippen MR) is 62.3 cm³/mol. The Bertz CT molecular complexity index is 441. The van der Waals surface area contributed by atoms with Gasteiger partial charge in [0.15, 0.2) is 0 Å². The Hall–Kier alpha value is -1.58. The average molecular weight is 219 g/mol. The number of carbonyl (C=O) groups excluding carboxylic acids is 1. The van der Waals surface area contributed by atoms with Gasteiger partial charge in [0.1, 0.15) is 0 Å². The normalized spacial score (nSPS) is 16.1. The first-order chi connectivity index (χ1) is 7.54. The minimum Gasteiger partial charge on any atom is -0.335 e. The van der Waals surface area contributed by atoms with Crippen LogP contribution in [0.15, 0.2) is 12.7 Å². The van der Waals surface area contributed by atoms with Gasteiger partial charge in [-0.2, -0.15) is 5.10 Å². The van der Waals surface area contributed by atoms with Gasteiger partial charge in [-0.1, -0.05) is 6.58 Å². The summed E-state index contributed by atoms with van der Waals surface area (Å²) in [6.45, 7) is 11.1. The number of aromatic nitrogens is 2. The molecule has 0 saturated carbocycles. The highest BCUT2D eigenvalue weighted by Gasteiger charge is 2.32. The molecule has 0 aromatic carbocycles. The van der Waals surface area contributed by atoms with Gasteiger partial charge in [0, 0.05) is 18.8 Å². The summed E-state index contributed by atoms with van der Waals surface area (Å²) < 4.78 is 2.04. The minimum atomic E-state index is 0.00880. The molecular weight excluding hydrogens is 202 g/mol. The fourth-order valence-corrected chi connectivity index (χ4v) is 2.02. The van der Waals surface area contributed by atoms with E-state index in [0.29, 0.717) is 6.04 Å². The second-order valence-corrected chi connectivity index (χ2v) is 4.34. The van der Waals surface area contributed by atoms with Crippen molar-refractivity contribution in [2.24, 2.45) is 0 Å². The molecule has 0 bridgehead atoms. The van der Waals surface area contributed by atoms with Crippen molar-refractivity contribution in [3.8, 4) is 0 Å². The lowest BCUT2D eigenvalue weighted by Gasteiger charge is -2.39. The SMILES string of the molecule is C=CC(=O)N1CC(n2nc(C)c(C)c2C)C1. The summed E-state index contributed by atoms with van der Waals surface area (Å²) in [5, 5.41) is 4.50. The Labute approximate surface area is 95.5 Å². The van der Waals surface area contributed by atoms with Crippen LogP contribution in [0.1, 0.15) is 23.0 Å². The van der Waals surface area contributed by atoms with Crippen LogP contribution in [0, 0.1) is 20.8 Å². The van der Waals surface area contributed by atoms with E-state index in [2.05, 4.69) is 25.5 Å². The van der Waals surface area contributed by atoms with E-state index in [-0.39, 0.29) is 5.91 Å². The summed E-state index contributed by atoms with van der Waals surface area (Å²) in [5.74, 6) is 0.00880. The molecule has 0 atom stereocenters. The van der Waals surface area contributed by atoms with Crippen LogP contribution >= 0.6 is 0 Å². The van der Waals surface area contributed by atoms with Gasteiger partial charge < -0.3 is 4.90 Å². The number of hydrogen-bond donors (Lipinski definition) is 0. The predicted octanol–water partition coefficient (Wildman–Crippen LogP) is 1.38. The van der Waals surface area contributed by atoms with Crippen molar-refractivity contribution < 1.29 is 4.79 Å². The number of nitrogens with zero attached hydrogens (tertiary/aromatic N) is 3. The van der Waals surface area contributed by atoms with Gasteiger partial charge in [-0.25, -0.2) is 0 Å². The minimum absolute atomic E-state index is 0.00880. The van der Waals surface area contributed by atoms with Gasteiger partial charge >= 0.3 is 0 Å². The summed E-state index contributed by atoms with van der Waals surface area (Å²) >= 11 is 0. The zero-order valence-electron chi connectivity index (χ0n) is 10.0. The van der Waals surface area contributed by atoms with Gasteiger partial charge in [0.2, 0.25) is 5.91 Å². The van der Waals surface area contributed by atoms with E-state index >= 15 is 0 Å². The van der Waals surface area contributed by atoms with Crippen molar-refractivity contribution in [3.05, 3.63) is 29.6 Å². The Morgan fingerprint density at radius 3 is 2.50 bits per heavy atom. The first-order valence-electron chi connectivity index (χ1n) is 5.48. The van der Waals surface area contributed by atoms with Crippen LogP contribution in [-0.2, 0) is 4.79 Å². The van der Waals surface area contributed by atoms with E-state index in [0.717, 1.165) is 18.8 Å². The van der Waals surface area contributed by atoms with Crippen LogP contribution in [0.5, 0.6) is 0 Å². The zero-order valence-corrected chi connectivity index (χ0v) is 10.0. The molecule has 4 heteroatoms. The summed E-state index contributed by atoms with van der Waals surface area (Å²) in [6, 6.07) is 0.330. The number of carbonyl (C=O) groups is 1. The Kier molecular flexibility index (Phi) is 2.58. The third-order valence-electron chi connectivity index (χ3n) is 3.38. The molecule has 2 heterocycles. The van der Waals surface area contributed by atoms with E-state index in [1.807, 2.05) is 11.6 Å². The van der Waals surface area contributed by atoms with Gasteiger partial charge in [-0.15, -0.1) is 0 Å². The summed E-state index contributed by atoms with van der Waals surface area (Å²) in [7, 11) is 0. The van der Waals surface area contributed by atoms with Crippen molar-refractivity contribution in [2.75, 3.05) is 13.1 Å². The molecule has 0 unspecified atom stereocenters. The molecule has 1 saturated heterocycles. The molecule has 1 aromatic rings. The van der Waals surface area contributed by atoms with Gasteiger partial charge in [-0.05, 0) is 32.4 Å². The van der Waals surface area contributed by atoms with Crippen molar-refractivity contribution in [2.45, 2.75) is 26.8 Å². The highest BCUT2D eigenvalue weighted by molar-refractivity contribution is 5.87. The number of rotatable bonds is 2. The first kappa shape index (κ1) is 10.9. The molecule has 0 N–H and O–H groups in total. The van der Waals surface area contributed by atoms with Crippen LogP contribution in [-0.4, -0.2) is 33.7 Å². The van der Waals surface area contributed by atoms with Crippen molar-refractivity contribution >= 4 is 5.91 Å². The van der Waals surface area contributed by atoms with Crippen molar-refractivity contribution in [1.82, 2.24) is 14.7 Å². The molecule has 1 amide bonds. The summed E-state index contributed by atoms with van der Waals surface area (Å²) in [5.41, 5.74) is 3.52. The number of hydrogen-bond acceptors (Lipinski definition) is 2. The highest BCUT2D eigenvalue weighted by Crippen LogP contribution is 2.24. The van der Waals surface area contributed by atoms with E-state index in [1.165, 1.54) is 17.3 Å². The number of likely N-dealkylation sites (tertiary alicyclic amines) is 1. The smallest absolute Gasteiger partial charge is 0.246 e. The molecule has 0 aliphatic carbocycles. The Morgan fingerprint density at radius 2 is 2.06 bits per heavy atom. The molecule has 1 aromatic heterocycles. The van der Waals surface area contributed by atoms with Gasteiger partial charge in [0.25, 0.3) is 0 Å². The molecule has 16 heavy (non-hydrogen) atoms. The quantitative estimate of drug-likeness (QED) is 0.705. The van der Waals surface area contributed by atoms with Gasteiger partial charge in [0.05, 0.1) is 11.7 Å². The second kappa shape index (κ2) is 3.77. The van der Waals surface area contributed by atoms with Crippen molar-refractivity contribution in [3.63, 3.8) is 0 Å². The lowest BCUT2D eigenvalue weighted by atomic mass is 10.1. The Morgan fingerprint density at radius 1 is 1.44 bits per heavy atom. The third-order valence-corrected chi connectivity index (χ3v) is 3.38. The van der Waals surface area contributed by atoms with Crippen LogP contribution in [0.2, 0.25) is 0 Å². The number of aryl methyl sites for hydroxylation is 1. The largest absolute Gasteiger partial charge is 0.335 e. The molecule has 86 valence electrons. The van der Waals surface area contributed by atoms with E-state index in [9.17, 15) is 4.79 Å². The van der Waals surface area contributed by atoms with Crippen molar-refractivity contribution in [1.29, 1.82) is 0 Å².